The molecule has 9 heteroatoms. The number of carbonyl (C=O) groups excluding carboxylic acids is 1. The minimum Gasteiger partial charge on any atom is -0.378 e. The molecule has 0 aliphatic carbocycles. The fourth-order valence-electron chi connectivity index (χ4n) is 2.44. The number of hydrogen-bond donors (Lipinski definition) is 0. The third kappa shape index (κ3) is 3.62. The monoisotopic (exact) mass is 355 g/mol. The number of ether oxygens (including phenoxy) is 1. The van der Waals surface area contributed by atoms with E-state index in [4.69, 9.17) is 4.74 Å². The van der Waals surface area contributed by atoms with Crippen LogP contribution in [0.3, 0.4) is 0 Å². The van der Waals surface area contributed by atoms with Crippen molar-refractivity contribution in [1.82, 2.24) is 9.88 Å². The van der Waals surface area contributed by atoms with Crippen LogP contribution in [-0.4, -0.2) is 63.3 Å². The molecule has 0 N–H and O–H groups in total. The summed E-state index contributed by atoms with van der Waals surface area (Å²) in [5.74, 6) is -0.225. The van der Waals surface area contributed by atoms with Crippen molar-refractivity contribution in [3.63, 3.8) is 0 Å². The molecule has 2 aromatic rings. The molecule has 1 aromatic heterocycles. The molecule has 0 radical (unpaired) electrons. The fraction of sp³-hybridized carbons (Fsp3) is 0.429. The highest BCUT2D eigenvalue weighted by Gasteiger charge is 2.25. The quantitative estimate of drug-likeness (QED) is 0.815. The summed E-state index contributed by atoms with van der Waals surface area (Å²) in [7, 11) is -3.57. The Labute approximate surface area is 138 Å². The van der Waals surface area contributed by atoms with Crippen LogP contribution in [0.5, 0.6) is 0 Å². The molecule has 1 amide bonds. The number of amides is 1. The van der Waals surface area contributed by atoms with Crippen molar-refractivity contribution in [3.8, 4) is 0 Å². The van der Waals surface area contributed by atoms with E-state index in [9.17, 15) is 13.2 Å². The van der Waals surface area contributed by atoms with Gasteiger partial charge in [-0.05, 0) is 18.2 Å². The fourth-order valence-corrected chi connectivity index (χ4v) is 3.94. The van der Waals surface area contributed by atoms with E-state index in [0.717, 1.165) is 20.8 Å². The lowest BCUT2D eigenvalue weighted by atomic mass is 10.3. The molecular weight excluding hydrogens is 338 g/mol. The van der Waals surface area contributed by atoms with Crippen LogP contribution in [0.25, 0.3) is 10.2 Å². The molecule has 1 aliphatic rings. The lowest BCUT2D eigenvalue weighted by Gasteiger charge is -2.30. The maximum Gasteiger partial charge on any atom is 0.243 e. The third-order valence-corrected chi connectivity index (χ3v) is 5.60. The Bertz CT molecular complexity index is 812. The lowest BCUT2D eigenvalue weighted by molar-refractivity contribution is -0.133. The predicted octanol–water partition coefficient (Wildman–Crippen LogP) is 0.921. The van der Waals surface area contributed by atoms with Crippen LogP contribution in [0.4, 0.5) is 5.69 Å². The Morgan fingerprint density at radius 1 is 1.39 bits per heavy atom. The summed E-state index contributed by atoms with van der Waals surface area (Å²) in [6.45, 7) is 1.72. The number of hydrogen-bond acceptors (Lipinski definition) is 6. The molecule has 0 bridgehead atoms. The maximum atomic E-state index is 12.4. The van der Waals surface area contributed by atoms with Gasteiger partial charge in [0.25, 0.3) is 0 Å². The average molecular weight is 355 g/mol. The van der Waals surface area contributed by atoms with Crippen molar-refractivity contribution >= 4 is 43.2 Å². The topological polar surface area (TPSA) is 79.8 Å². The summed E-state index contributed by atoms with van der Waals surface area (Å²) in [5, 5.41) is 0. The van der Waals surface area contributed by atoms with Gasteiger partial charge in [0.2, 0.25) is 15.9 Å². The van der Waals surface area contributed by atoms with Crippen LogP contribution < -0.4 is 4.31 Å². The van der Waals surface area contributed by atoms with Crippen LogP contribution in [0.2, 0.25) is 0 Å². The van der Waals surface area contributed by atoms with Gasteiger partial charge in [-0.1, -0.05) is 0 Å². The molecule has 124 valence electrons. The number of sulfonamides is 1. The van der Waals surface area contributed by atoms with E-state index in [0.29, 0.717) is 32.0 Å². The molecule has 1 saturated heterocycles. The first-order valence-electron chi connectivity index (χ1n) is 7.11. The van der Waals surface area contributed by atoms with Crippen molar-refractivity contribution in [2.24, 2.45) is 0 Å². The SMILES string of the molecule is CS(=O)(=O)N(CC(=O)N1CCOCC1)c1ccc2scnc2c1. The van der Waals surface area contributed by atoms with Gasteiger partial charge in [-0.15, -0.1) is 11.3 Å². The molecule has 23 heavy (non-hydrogen) atoms. The highest BCUT2D eigenvalue weighted by molar-refractivity contribution is 7.92. The minimum atomic E-state index is -3.57. The van der Waals surface area contributed by atoms with Gasteiger partial charge in [0.05, 0.1) is 40.9 Å². The Morgan fingerprint density at radius 3 is 2.83 bits per heavy atom. The first-order valence-corrected chi connectivity index (χ1v) is 9.84. The molecule has 0 saturated carbocycles. The zero-order chi connectivity index (χ0) is 16.4. The van der Waals surface area contributed by atoms with E-state index in [1.54, 1.807) is 22.5 Å². The van der Waals surface area contributed by atoms with Crippen LogP contribution in [0, 0.1) is 0 Å². The summed E-state index contributed by atoms with van der Waals surface area (Å²) >= 11 is 1.48. The van der Waals surface area contributed by atoms with Gasteiger partial charge in [-0.3, -0.25) is 9.10 Å². The zero-order valence-electron chi connectivity index (χ0n) is 12.6. The number of rotatable bonds is 4. The van der Waals surface area contributed by atoms with E-state index >= 15 is 0 Å². The lowest BCUT2D eigenvalue weighted by Crippen LogP contribution is -2.47. The van der Waals surface area contributed by atoms with Gasteiger partial charge in [0.1, 0.15) is 6.54 Å². The Kier molecular flexibility index (Phi) is 4.51. The average Bonchev–Trinajstić information content (AvgIpc) is 2.99. The van der Waals surface area contributed by atoms with Crippen LogP contribution in [0.1, 0.15) is 0 Å². The Morgan fingerprint density at radius 2 is 2.13 bits per heavy atom. The summed E-state index contributed by atoms with van der Waals surface area (Å²) in [4.78, 5) is 18.2. The normalized spacial score (nSPS) is 15.8. The number of carbonyl (C=O) groups is 1. The molecule has 1 aliphatic heterocycles. The number of morpholine rings is 1. The van der Waals surface area contributed by atoms with Crippen molar-refractivity contribution < 1.29 is 17.9 Å². The van der Waals surface area contributed by atoms with Gasteiger partial charge in [-0.2, -0.15) is 0 Å². The van der Waals surface area contributed by atoms with E-state index in [1.165, 1.54) is 11.3 Å². The van der Waals surface area contributed by atoms with Gasteiger partial charge in [0.15, 0.2) is 0 Å². The summed E-state index contributed by atoms with van der Waals surface area (Å²) < 4.78 is 31.6. The largest absolute Gasteiger partial charge is 0.378 e. The standard InChI is InChI=1S/C14H17N3O4S2/c1-23(19,20)17(9-14(18)16-4-6-21-7-5-16)11-2-3-13-12(8-11)15-10-22-13/h2-3,8,10H,4-7,9H2,1H3. The van der Waals surface area contributed by atoms with Crippen LogP contribution >= 0.6 is 11.3 Å². The van der Waals surface area contributed by atoms with E-state index in [1.807, 2.05) is 6.07 Å². The highest BCUT2D eigenvalue weighted by Crippen LogP contribution is 2.25. The molecule has 0 unspecified atom stereocenters. The number of nitrogens with zero attached hydrogens (tertiary/aromatic N) is 3. The first-order chi connectivity index (χ1) is 10.9. The second-order valence-electron chi connectivity index (χ2n) is 5.27. The van der Waals surface area contributed by atoms with E-state index < -0.39 is 10.0 Å². The van der Waals surface area contributed by atoms with E-state index in [-0.39, 0.29) is 12.5 Å². The molecule has 0 atom stereocenters. The van der Waals surface area contributed by atoms with Crippen molar-refractivity contribution in [3.05, 3.63) is 23.7 Å². The van der Waals surface area contributed by atoms with Crippen molar-refractivity contribution in [2.75, 3.05) is 43.4 Å². The van der Waals surface area contributed by atoms with Gasteiger partial charge in [0, 0.05) is 13.1 Å². The minimum absolute atomic E-state index is 0.214. The van der Waals surface area contributed by atoms with Gasteiger partial charge >= 0.3 is 0 Å². The predicted molar refractivity (Wildman–Crippen MR) is 89.2 cm³/mol. The van der Waals surface area contributed by atoms with Crippen molar-refractivity contribution in [1.29, 1.82) is 0 Å². The van der Waals surface area contributed by atoms with E-state index in [2.05, 4.69) is 4.98 Å². The summed E-state index contributed by atoms with van der Waals surface area (Å²) in [6, 6.07) is 5.22. The maximum absolute atomic E-state index is 12.4. The number of anilines is 1. The highest BCUT2D eigenvalue weighted by atomic mass is 32.2. The Balaban J connectivity index is 1.87. The van der Waals surface area contributed by atoms with Crippen LogP contribution in [0.15, 0.2) is 23.7 Å². The number of aromatic nitrogens is 1. The molecule has 7 nitrogen and oxygen atoms in total. The van der Waals surface area contributed by atoms with Gasteiger partial charge < -0.3 is 9.64 Å². The summed E-state index contributed by atoms with van der Waals surface area (Å²) in [5.41, 5.74) is 2.88. The Hall–Kier alpha value is -1.71. The molecule has 3 rings (SSSR count). The first kappa shape index (κ1) is 16.2. The molecule has 1 fully saturated rings. The zero-order valence-corrected chi connectivity index (χ0v) is 14.3. The van der Waals surface area contributed by atoms with Crippen LogP contribution in [-0.2, 0) is 19.6 Å². The third-order valence-electron chi connectivity index (χ3n) is 3.64. The molecule has 0 spiro atoms. The molecule has 2 heterocycles. The van der Waals surface area contributed by atoms with Gasteiger partial charge in [-0.25, -0.2) is 13.4 Å². The summed E-state index contributed by atoms with van der Waals surface area (Å²) in [6.07, 6.45) is 1.10. The molecular formula is C14H17N3O4S2. The number of fused-ring (bicyclic) bond motifs is 1. The second kappa shape index (κ2) is 6.42. The number of benzene rings is 1. The second-order valence-corrected chi connectivity index (χ2v) is 8.06. The van der Waals surface area contributed by atoms with Crippen molar-refractivity contribution in [2.45, 2.75) is 0 Å². The molecule has 1 aromatic carbocycles. The number of thiazole rings is 1. The smallest absolute Gasteiger partial charge is 0.243 e.